The Labute approximate surface area is 159 Å². The molecule has 1 aromatic heterocycles. The van der Waals surface area contributed by atoms with Crippen molar-refractivity contribution >= 4 is 47.0 Å². The van der Waals surface area contributed by atoms with Gasteiger partial charge in [0, 0.05) is 23.7 Å². The van der Waals surface area contributed by atoms with Gasteiger partial charge in [-0.3, -0.25) is 0 Å². The molecule has 0 unspecified atom stereocenters. The highest BCUT2D eigenvalue weighted by Crippen LogP contribution is 2.27. The molecule has 1 N–H and O–H groups in total. The van der Waals surface area contributed by atoms with Gasteiger partial charge in [-0.25, -0.2) is 9.98 Å². The number of halogens is 1. The number of rotatable bonds is 3. The highest BCUT2D eigenvalue weighted by atomic mass is 127. The molecule has 0 fully saturated rings. The molecule has 0 saturated carbocycles. The monoisotopic (exact) mass is 442 g/mol. The van der Waals surface area contributed by atoms with Crippen LogP contribution >= 0.6 is 35.3 Å². The van der Waals surface area contributed by atoms with Crippen LogP contribution in [0.5, 0.6) is 0 Å². The second-order valence-electron chi connectivity index (χ2n) is 5.45. The van der Waals surface area contributed by atoms with Crippen LogP contribution in [0.4, 0.5) is 5.69 Å². The molecule has 1 aromatic carbocycles. The van der Waals surface area contributed by atoms with E-state index in [-0.39, 0.29) is 24.0 Å². The zero-order chi connectivity index (χ0) is 15.5. The normalized spacial score (nSPS) is 13.7. The van der Waals surface area contributed by atoms with Crippen LogP contribution < -0.4 is 10.2 Å². The Morgan fingerprint density at radius 3 is 2.83 bits per heavy atom. The van der Waals surface area contributed by atoms with Crippen molar-refractivity contribution in [2.75, 3.05) is 18.0 Å². The minimum atomic E-state index is 0. The maximum absolute atomic E-state index is 4.80. The lowest BCUT2D eigenvalue weighted by Crippen LogP contribution is -2.40. The number of hydrogen-bond acceptors (Lipinski definition) is 3. The highest BCUT2D eigenvalue weighted by molar-refractivity contribution is 14.0. The number of aryl methyl sites for hydroxylation is 2. The Morgan fingerprint density at radius 2 is 2.13 bits per heavy atom. The lowest BCUT2D eigenvalue weighted by molar-refractivity contribution is 0.879. The summed E-state index contributed by atoms with van der Waals surface area (Å²) in [6, 6.07) is 8.57. The van der Waals surface area contributed by atoms with Crippen LogP contribution in [0.25, 0.3) is 0 Å². The third-order valence-corrected chi connectivity index (χ3v) is 4.97. The van der Waals surface area contributed by atoms with E-state index in [0.717, 1.165) is 36.2 Å². The van der Waals surface area contributed by atoms with Gasteiger partial charge in [0.1, 0.15) is 5.01 Å². The fourth-order valence-corrected chi connectivity index (χ4v) is 3.56. The predicted molar refractivity (Wildman–Crippen MR) is 109 cm³/mol. The summed E-state index contributed by atoms with van der Waals surface area (Å²) >= 11 is 1.74. The lowest BCUT2D eigenvalue weighted by Gasteiger charge is -2.22. The SMILES string of the molecule is CCNC(=NCc1nc(C)c(C)s1)N1CCc2ccccc21.I. The number of nitrogens with zero attached hydrogens (tertiary/aromatic N) is 3. The zero-order valence-electron chi connectivity index (χ0n) is 13.8. The molecule has 0 radical (unpaired) electrons. The molecule has 0 saturated heterocycles. The van der Waals surface area contributed by atoms with Crippen molar-refractivity contribution in [2.24, 2.45) is 4.99 Å². The van der Waals surface area contributed by atoms with Gasteiger partial charge in [0.2, 0.25) is 0 Å². The van der Waals surface area contributed by atoms with Gasteiger partial charge >= 0.3 is 0 Å². The smallest absolute Gasteiger partial charge is 0.198 e. The van der Waals surface area contributed by atoms with E-state index in [9.17, 15) is 0 Å². The van der Waals surface area contributed by atoms with E-state index in [2.05, 4.69) is 60.2 Å². The molecule has 0 amide bonds. The van der Waals surface area contributed by atoms with Crippen LogP contribution in [0.3, 0.4) is 0 Å². The Bertz CT molecular complexity index is 676. The molecular weight excluding hydrogens is 419 g/mol. The van der Waals surface area contributed by atoms with Gasteiger partial charge in [-0.05, 0) is 38.8 Å². The van der Waals surface area contributed by atoms with Gasteiger partial charge < -0.3 is 10.2 Å². The third kappa shape index (κ3) is 4.03. The number of benzene rings is 1. The minimum Gasteiger partial charge on any atom is -0.356 e. The molecule has 1 aliphatic heterocycles. The molecule has 6 heteroatoms. The Hall–Kier alpha value is -1.15. The number of nitrogens with one attached hydrogen (secondary N) is 1. The van der Waals surface area contributed by atoms with Crippen LogP contribution in [0, 0.1) is 13.8 Å². The van der Waals surface area contributed by atoms with Crippen molar-refractivity contribution in [1.29, 1.82) is 0 Å². The maximum atomic E-state index is 4.80. The molecule has 0 atom stereocenters. The van der Waals surface area contributed by atoms with Gasteiger partial charge in [0.05, 0.1) is 12.2 Å². The van der Waals surface area contributed by atoms with E-state index in [1.807, 2.05) is 0 Å². The van der Waals surface area contributed by atoms with Crippen molar-refractivity contribution in [1.82, 2.24) is 10.3 Å². The first kappa shape index (κ1) is 18.2. The van der Waals surface area contributed by atoms with Gasteiger partial charge in [-0.2, -0.15) is 0 Å². The minimum absolute atomic E-state index is 0. The molecule has 124 valence electrons. The number of guanidine groups is 1. The third-order valence-electron chi connectivity index (χ3n) is 3.91. The van der Waals surface area contributed by atoms with E-state index in [1.54, 1.807) is 11.3 Å². The van der Waals surface area contributed by atoms with Crippen molar-refractivity contribution in [2.45, 2.75) is 33.7 Å². The summed E-state index contributed by atoms with van der Waals surface area (Å²) in [6.45, 7) is 8.77. The summed E-state index contributed by atoms with van der Waals surface area (Å²) in [5.41, 5.74) is 3.79. The van der Waals surface area contributed by atoms with Crippen LogP contribution in [0.15, 0.2) is 29.3 Å². The predicted octanol–water partition coefficient (Wildman–Crippen LogP) is 3.91. The summed E-state index contributed by atoms with van der Waals surface area (Å²) < 4.78 is 0. The number of thiazole rings is 1. The van der Waals surface area contributed by atoms with E-state index in [0.29, 0.717) is 6.54 Å². The number of hydrogen-bond donors (Lipinski definition) is 1. The van der Waals surface area contributed by atoms with E-state index in [1.165, 1.54) is 16.1 Å². The zero-order valence-corrected chi connectivity index (χ0v) is 16.9. The number of para-hydroxylation sites is 1. The summed E-state index contributed by atoms with van der Waals surface area (Å²) in [4.78, 5) is 12.9. The fourth-order valence-electron chi connectivity index (χ4n) is 2.70. The largest absolute Gasteiger partial charge is 0.356 e. The Kier molecular flexibility index (Phi) is 6.41. The van der Waals surface area contributed by atoms with Crippen LogP contribution in [0.1, 0.15) is 28.1 Å². The number of aromatic nitrogens is 1. The highest BCUT2D eigenvalue weighted by Gasteiger charge is 2.22. The molecule has 2 heterocycles. The number of anilines is 1. The van der Waals surface area contributed by atoms with Crippen LogP contribution in [-0.2, 0) is 13.0 Å². The molecule has 0 spiro atoms. The van der Waals surface area contributed by atoms with Gasteiger partial charge in [0.15, 0.2) is 5.96 Å². The molecule has 0 aliphatic carbocycles. The molecule has 0 bridgehead atoms. The first-order chi connectivity index (χ1) is 10.7. The summed E-state index contributed by atoms with van der Waals surface area (Å²) in [5.74, 6) is 0.956. The molecule has 2 aromatic rings. The van der Waals surface area contributed by atoms with E-state index < -0.39 is 0 Å². The average Bonchev–Trinajstić information content (AvgIpc) is 3.08. The quantitative estimate of drug-likeness (QED) is 0.445. The number of fused-ring (bicyclic) bond motifs is 1. The van der Waals surface area contributed by atoms with Crippen molar-refractivity contribution in [3.8, 4) is 0 Å². The average molecular weight is 442 g/mol. The van der Waals surface area contributed by atoms with Gasteiger partial charge in [-0.15, -0.1) is 35.3 Å². The second-order valence-corrected chi connectivity index (χ2v) is 6.74. The molecule has 1 aliphatic rings. The molecular formula is C17H23IN4S. The maximum Gasteiger partial charge on any atom is 0.198 e. The summed E-state index contributed by atoms with van der Waals surface area (Å²) in [6.07, 6.45) is 1.08. The topological polar surface area (TPSA) is 40.5 Å². The molecule has 3 rings (SSSR count). The van der Waals surface area contributed by atoms with Gasteiger partial charge in [-0.1, -0.05) is 18.2 Å². The van der Waals surface area contributed by atoms with E-state index in [4.69, 9.17) is 4.99 Å². The molecule has 4 nitrogen and oxygen atoms in total. The lowest BCUT2D eigenvalue weighted by atomic mass is 10.2. The number of aliphatic imine (C=N–C) groups is 1. The van der Waals surface area contributed by atoms with Crippen molar-refractivity contribution in [3.05, 3.63) is 45.4 Å². The van der Waals surface area contributed by atoms with Crippen molar-refractivity contribution in [3.63, 3.8) is 0 Å². The first-order valence-electron chi connectivity index (χ1n) is 7.75. The Balaban J connectivity index is 0.00000192. The fraction of sp³-hybridized carbons (Fsp3) is 0.412. The summed E-state index contributed by atoms with van der Waals surface area (Å²) in [5, 5.41) is 4.49. The Morgan fingerprint density at radius 1 is 1.35 bits per heavy atom. The standard InChI is InChI=1S/C17H22N4S.HI/c1-4-18-17(19-11-16-20-12(2)13(3)22-16)21-10-9-14-7-5-6-8-15(14)21;/h5-8H,4,9-11H2,1-3H3,(H,18,19);1H. The van der Waals surface area contributed by atoms with Crippen molar-refractivity contribution < 1.29 is 0 Å². The van der Waals surface area contributed by atoms with E-state index >= 15 is 0 Å². The first-order valence-corrected chi connectivity index (χ1v) is 8.57. The second kappa shape index (κ2) is 8.10. The van der Waals surface area contributed by atoms with Crippen LogP contribution in [0.2, 0.25) is 0 Å². The summed E-state index contributed by atoms with van der Waals surface area (Å²) in [7, 11) is 0. The molecule has 23 heavy (non-hydrogen) atoms. The van der Waals surface area contributed by atoms with Crippen LogP contribution in [-0.4, -0.2) is 24.0 Å². The van der Waals surface area contributed by atoms with Gasteiger partial charge in [0.25, 0.3) is 0 Å².